The molecule has 4 rings (SSSR count). The highest BCUT2D eigenvalue weighted by molar-refractivity contribution is 7.80. The van der Waals surface area contributed by atoms with E-state index < -0.39 is 7.92 Å². The van der Waals surface area contributed by atoms with Crippen LogP contribution >= 0.6 is 20.1 Å². The van der Waals surface area contributed by atoms with Crippen LogP contribution in [-0.4, -0.2) is 34.8 Å². The fourth-order valence-electron chi connectivity index (χ4n) is 5.84. The third kappa shape index (κ3) is 6.37. The van der Waals surface area contributed by atoms with Crippen molar-refractivity contribution in [1.82, 2.24) is 16.0 Å². The molecule has 2 unspecified atom stereocenters. The minimum Gasteiger partial charge on any atom is -0.360 e. The molecular weight excluding hydrogens is 457 g/mol. The van der Waals surface area contributed by atoms with Crippen molar-refractivity contribution < 1.29 is 4.79 Å². The minimum absolute atomic E-state index is 0.0370. The molecule has 5 atom stereocenters. The van der Waals surface area contributed by atoms with Crippen molar-refractivity contribution in [2.75, 3.05) is 0 Å². The second-order valence-electron chi connectivity index (χ2n) is 9.81. The quantitative estimate of drug-likeness (QED) is 0.389. The van der Waals surface area contributed by atoms with E-state index in [1.54, 1.807) is 6.92 Å². The van der Waals surface area contributed by atoms with Gasteiger partial charge in [-0.3, -0.25) is 4.79 Å². The van der Waals surface area contributed by atoms with Crippen molar-refractivity contribution in [3.8, 4) is 0 Å². The Labute approximate surface area is 211 Å². The molecule has 0 bridgehead atoms. The lowest BCUT2D eigenvalue weighted by Crippen LogP contribution is -2.56. The van der Waals surface area contributed by atoms with Crippen LogP contribution in [0.2, 0.25) is 0 Å². The molecule has 0 saturated heterocycles. The van der Waals surface area contributed by atoms with Crippen LogP contribution in [0.15, 0.2) is 60.7 Å². The Hall–Kier alpha value is -1.97. The third-order valence-electron chi connectivity index (χ3n) is 7.40. The molecule has 2 aliphatic carbocycles. The molecule has 1 amide bonds. The Morgan fingerprint density at radius 1 is 0.853 bits per heavy atom. The van der Waals surface area contributed by atoms with E-state index in [1.165, 1.54) is 36.3 Å². The van der Waals surface area contributed by atoms with Gasteiger partial charge in [0.05, 0.1) is 0 Å². The number of carbonyl (C=O) groups is 1. The molecule has 34 heavy (non-hydrogen) atoms. The van der Waals surface area contributed by atoms with Gasteiger partial charge in [0.15, 0.2) is 5.11 Å². The van der Waals surface area contributed by atoms with Crippen molar-refractivity contribution in [2.24, 2.45) is 5.92 Å². The lowest BCUT2D eigenvalue weighted by Gasteiger charge is -2.36. The molecule has 3 N–H and O–H groups in total. The predicted molar refractivity (Wildman–Crippen MR) is 148 cm³/mol. The number of nitrogens with one attached hydrogen (secondary N) is 3. The Morgan fingerprint density at radius 3 is 1.97 bits per heavy atom. The smallest absolute Gasteiger partial charge is 0.217 e. The SMILES string of the molecule is CC(=O)N[C@H]1CCCC[C@@H]1NC(=S)N[C@H](C)C1CCCC1P(c1ccccc1)c1ccccc1. The summed E-state index contributed by atoms with van der Waals surface area (Å²) in [6, 6.07) is 22.8. The van der Waals surface area contributed by atoms with E-state index in [9.17, 15) is 4.79 Å². The van der Waals surface area contributed by atoms with Gasteiger partial charge >= 0.3 is 0 Å². The Balaban J connectivity index is 1.45. The number of thiocarbonyl (C=S) groups is 1. The van der Waals surface area contributed by atoms with Crippen molar-refractivity contribution in [3.05, 3.63) is 60.7 Å². The van der Waals surface area contributed by atoms with Crippen molar-refractivity contribution >= 4 is 41.8 Å². The summed E-state index contributed by atoms with van der Waals surface area (Å²) >= 11 is 5.77. The van der Waals surface area contributed by atoms with Crippen LogP contribution in [0, 0.1) is 5.92 Å². The fourth-order valence-corrected chi connectivity index (χ4v) is 9.46. The highest BCUT2D eigenvalue weighted by Crippen LogP contribution is 2.50. The molecule has 0 aromatic heterocycles. The summed E-state index contributed by atoms with van der Waals surface area (Å²) in [5.41, 5.74) is 0.631. The van der Waals surface area contributed by atoms with Gasteiger partial charge in [0.2, 0.25) is 5.91 Å². The van der Waals surface area contributed by atoms with Gasteiger partial charge in [-0.1, -0.05) is 79.9 Å². The fraction of sp³-hybridized carbons (Fsp3) is 0.500. The number of carbonyl (C=O) groups excluding carboxylic acids is 1. The largest absolute Gasteiger partial charge is 0.360 e. The van der Waals surface area contributed by atoms with Gasteiger partial charge < -0.3 is 16.0 Å². The zero-order chi connectivity index (χ0) is 23.9. The predicted octanol–water partition coefficient (Wildman–Crippen LogP) is 4.59. The van der Waals surface area contributed by atoms with Crippen LogP contribution in [0.1, 0.15) is 58.8 Å². The summed E-state index contributed by atoms with van der Waals surface area (Å²) in [5.74, 6) is 0.610. The van der Waals surface area contributed by atoms with Crippen LogP contribution in [0.3, 0.4) is 0 Å². The molecule has 2 aliphatic rings. The van der Waals surface area contributed by atoms with E-state index >= 15 is 0 Å². The van der Waals surface area contributed by atoms with Gasteiger partial charge in [-0.2, -0.15) is 0 Å². The number of hydrogen-bond acceptors (Lipinski definition) is 2. The second kappa shape index (κ2) is 12.1. The van der Waals surface area contributed by atoms with Crippen LogP contribution in [0.4, 0.5) is 0 Å². The molecular formula is C28H38N3OPS. The highest BCUT2D eigenvalue weighted by Gasteiger charge is 2.38. The van der Waals surface area contributed by atoms with Gasteiger partial charge in [-0.05, 0) is 74.9 Å². The highest BCUT2D eigenvalue weighted by atomic mass is 32.1. The van der Waals surface area contributed by atoms with Gasteiger partial charge in [0.1, 0.15) is 0 Å². The van der Waals surface area contributed by atoms with E-state index in [0.717, 1.165) is 24.4 Å². The van der Waals surface area contributed by atoms with E-state index in [2.05, 4.69) is 83.5 Å². The molecule has 0 heterocycles. The van der Waals surface area contributed by atoms with Crippen molar-refractivity contribution in [2.45, 2.75) is 82.6 Å². The molecule has 2 aromatic rings. The van der Waals surface area contributed by atoms with Gasteiger partial charge in [-0.25, -0.2) is 0 Å². The molecule has 0 spiro atoms. The maximum atomic E-state index is 11.6. The van der Waals surface area contributed by atoms with Gasteiger partial charge in [-0.15, -0.1) is 0 Å². The first-order valence-electron chi connectivity index (χ1n) is 12.8. The molecule has 0 radical (unpaired) electrons. The summed E-state index contributed by atoms with van der Waals surface area (Å²) in [4.78, 5) is 11.6. The van der Waals surface area contributed by atoms with E-state index in [4.69, 9.17) is 12.2 Å². The van der Waals surface area contributed by atoms with E-state index in [1.807, 2.05) is 0 Å². The van der Waals surface area contributed by atoms with Crippen LogP contribution in [0.5, 0.6) is 0 Å². The maximum Gasteiger partial charge on any atom is 0.217 e. The number of amides is 1. The standard InChI is InChI=1S/C28H38N3OPS/c1-20(29-28(34)31-26-18-10-9-17-25(26)30-21(2)32)24-16-11-19-27(24)33(22-12-5-3-6-13-22)23-14-7-4-8-15-23/h3-8,12-15,20,24-27H,9-11,16-19H2,1-2H3,(H,30,32)(H2,29,31,34)/t20-,24?,25+,26+,27?/m1/s1. The van der Waals surface area contributed by atoms with Crippen LogP contribution < -0.4 is 26.6 Å². The molecule has 6 heteroatoms. The Bertz CT molecular complexity index is 902. The van der Waals surface area contributed by atoms with Gasteiger partial charge in [0, 0.05) is 25.0 Å². The monoisotopic (exact) mass is 495 g/mol. The third-order valence-corrected chi connectivity index (χ3v) is 10.7. The van der Waals surface area contributed by atoms with Crippen molar-refractivity contribution in [3.63, 3.8) is 0 Å². The lowest BCUT2D eigenvalue weighted by molar-refractivity contribution is -0.120. The minimum atomic E-state index is -0.434. The summed E-state index contributed by atoms with van der Waals surface area (Å²) in [6.07, 6.45) is 8.16. The summed E-state index contributed by atoms with van der Waals surface area (Å²) in [7, 11) is -0.434. The number of rotatable bonds is 7. The average molecular weight is 496 g/mol. The van der Waals surface area contributed by atoms with E-state index in [-0.39, 0.29) is 18.0 Å². The summed E-state index contributed by atoms with van der Waals surface area (Å²) in [5, 5.41) is 14.0. The maximum absolute atomic E-state index is 11.6. The summed E-state index contributed by atoms with van der Waals surface area (Å²) < 4.78 is 0. The van der Waals surface area contributed by atoms with Crippen molar-refractivity contribution in [1.29, 1.82) is 0 Å². The molecule has 182 valence electrons. The topological polar surface area (TPSA) is 53.2 Å². The first-order valence-corrected chi connectivity index (χ1v) is 14.6. The Morgan fingerprint density at radius 2 is 1.41 bits per heavy atom. The van der Waals surface area contributed by atoms with Crippen LogP contribution in [0.25, 0.3) is 0 Å². The first-order chi connectivity index (χ1) is 16.5. The molecule has 2 saturated carbocycles. The Kier molecular flexibility index (Phi) is 8.97. The molecule has 2 aromatic carbocycles. The zero-order valence-corrected chi connectivity index (χ0v) is 22.1. The number of benzene rings is 2. The lowest BCUT2D eigenvalue weighted by atomic mass is 9.90. The summed E-state index contributed by atoms with van der Waals surface area (Å²) in [6.45, 7) is 3.90. The van der Waals surface area contributed by atoms with Crippen LogP contribution in [-0.2, 0) is 4.79 Å². The first kappa shape index (κ1) is 25.1. The average Bonchev–Trinajstić information content (AvgIpc) is 3.31. The number of hydrogen-bond donors (Lipinski definition) is 3. The van der Waals surface area contributed by atoms with Gasteiger partial charge in [0.25, 0.3) is 0 Å². The molecule has 0 aliphatic heterocycles. The molecule has 2 fully saturated rings. The zero-order valence-electron chi connectivity index (χ0n) is 20.4. The molecule has 4 nitrogen and oxygen atoms in total. The second-order valence-corrected chi connectivity index (χ2v) is 12.7. The van der Waals surface area contributed by atoms with E-state index in [0.29, 0.717) is 17.6 Å². The normalized spacial score (nSPS) is 25.5.